The van der Waals surface area contributed by atoms with Gasteiger partial charge in [0.25, 0.3) is 5.91 Å². The third-order valence-corrected chi connectivity index (χ3v) is 5.49. The van der Waals surface area contributed by atoms with Gasteiger partial charge in [-0.15, -0.1) is 0 Å². The standard InChI is InChI=1S/C21H23ClN2O2/c22-16-6-8-17(9-7-16)26-18-11-13-24(14-12-18)21(25)20-10-5-15-3-1-2-4-19(15)23-20/h5-10,18H,1-4,11-14H2. The van der Waals surface area contributed by atoms with Crippen LogP contribution in [0.25, 0.3) is 0 Å². The molecule has 4 nitrogen and oxygen atoms in total. The van der Waals surface area contributed by atoms with Gasteiger partial charge in [0, 0.05) is 36.6 Å². The number of aryl methyl sites for hydroxylation is 2. The number of piperidine rings is 1. The van der Waals surface area contributed by atoms with Crippen molar-refractivity contribution in [1.29, 1.82) is 0 Å². The number of hydrogen-bond acceptors (Lipinski definition) is 3. The summed E-state index contributed by atoms with van der Waals surface area (Å²) in [5.41, 5.74) is 3.01. The van der Waals surface area contributed by atoms with Gasteiger partial charge in [-0.25, -0.2) is 4.98 Å². The summed E-state index contributed by atoms with van der Waals surface area (Å²) in [6.07, 6.45) is 6.28. The Bertz CT molecular complexity index is 783. The third kappa shape index (κ3) is 3.85. The number of likely N-dealkylation sites (tertiary alicyclic amines) is 1. The number of amides is 1. The summed E-state index contributed by atoms with van der Waals surface area (Å²) in [5.74, 6) is 0.874. The molecule has 0 bridgehead atoms. The Labute approximate surface area is 159 Å². The van der Waals surface area contributed by atoms with Gasteiger partial charge in [-0.05, 0) is 61.6 Å². The highest BCUT2D eigenvalue weighted by molar-refractivity contribution is 6.30. The molecule has 2 aromatic rings. The molecule has 1 amide bonds. The number of halogens is 1. The summed E-state index contributed by atoms with van der Waals surface area (Å²) >= 11 is 5.91. The van der Waals surface area contributed by atoms with Crippen molar-refractivity contribution in [3.8, 4) is 5.75 Å². The molecule has 1 aromatic heterocycles. The van der Waals surface area contributed by atoms with Crippen LogP contribution in [0.1, 0.15) is 47.4 Å². The van der Waals surface area contributed by atoms with E-state index in [0.717, 1.165) is 37.1 Å². The molecule has 1 aliphatic carbocycles. The predicted molar refractivity (Wildman–Crippen MR) is 102 cm³/mol. The van der Waals surface area contributed by atoms with E-state index in [1.54, 1.807) is 0 Å². The highest BCUT2D eigenvalue weighted by Gasteiger charge is 2.26. The van der Waals surface area contributed by atoms with Crippen molar-refractivity contribution in [3.05, 3.63) is 58.4 Å². The second kappa shape index (κ2) is 7.67. The Hall–Kier alpha value is -2.07. The number of carbonyl (C=O) groups is 1. The van der Waals surface area contributed by atoms with Crippen molar-refractivity contribution in [2.75, 3.05) is 13.1 Å². The fourth-order valence-corrected chi connectivity index (χ4v) is 3.87. The number of hydrogen-bond donors (Lipinski definition) is 0. The zero-order valence-electron chi connectivity index (χ0n) is 14.8. The summed E-state index contributed by atoms with van der Waals surface area (Å²) in [6.45, 7) is 1.41. The van der Waals surface area contributed by atoms with Gasteiger partial charge in [0.15, 0.2) is 0 Å². The van der Waals surface area contributed by atoms with Crippen molar-refractivity contribution < 1.29 is 9.53 Å². The maximum absolute atomic E-state index is 12.8. The molecule has 1 fully saturated rings. The summed E-state index contributed by atoms with van der Waals surface area (Å²) in [6, 6.07) is 11.4. The Balaban J connectivity index is 1.35. The molecule has 4 rings (SSSR count). The van der Waals surface area contributed by atoms with E-state index in [9.17, 15) is 4.79 Å². The lowest BCUT2D eigenvalue weighted by Gasteiger charge is -2.32. The number of rotatable bonds is 3. The minimum atomic E-state index is 0.0447. The van der Waals surface area contributed by atoms with Crippen LogP contribution in [0.5, 0.6) is 5.75 Å². The van der Waals surface area contributed by atoms with Crippen LogP contribution in [0.4, 0.5) is 0 Å². The Kier molecular flexibility index (Phi) is 5.11. The lowest BCUT2D eigenvalue weighted by molar-refractivity contribution is 0.0590. The van der Waals surface area contributed by atoms with Crippen LogP contribution in [0, 0.1) is 0 Å². The van der Waals surface area contributed by atoms with E-state index >= 15 is 0 Å². The molecule has 1 aromatic carbocycles. The smallest absolute Gasteiger partial charge is 0.272 e. The number of benzene rings is 1. The molecule has 1 saturated heterocycles. The van der Waals surface area contributed by atoms with E-state index in [2.05, 4.69) is 11.1 Å². The zero-order chi connectivity index (χ0) is 17.9. The van der Waals surface area contributed by atoms with E-state index in [4.69, 9.17) is 16.3 Å². The van der Waals surface area contributed by atoms with Crippen molar-refractivity contribution in [3.63, 3.8) is 0 Å². The summed E-state index contributed by atoms with van der Waals surface area (Å²) in [7, 11) is 0. The van der Waals surface area contributed by atoms with Crippen molar-refractivity contribution in [2.24, 2.45) is 0 Å². The first-order chi connectivity index (χ1) is 12.7. The highest BCUT2D eigenvalue weighted by Crippen LogP contribution is 2.23. The number of pyridine rings is 1. The number of carbonyl (C=O) groups excluding carboxylic acids is 1. The largest absolute Gasteiger partial charge is 0.490 e. The quantitative estimate of drug-likeness (QED) is 0.809. The Morgan fingerprint density at radius 2 is 1.77 bits per heavy atom. The molecule has 2 heterocycles. The number of fused-ring (bicyclic) bond motifs is 1. The predicted octanol–water partition coefficient (Wildman–Crippen LogP) is 4.30. The van der Waals surface area contributed by atoms with Gasteiger partial charge in [0.05, 0.1) is 0 Å². The van der Waals surface area contributed by atoms with E-state index in [1.165, 1.54) is 18.4 Å². The highest BCUT2D eigenvalue weighted by atomic mass is 35.5. The minimum absolute atomic E-state index is 0.0447. The fraction of sp³-hybridized carbons (Fsp3) is 0.429. The number of aromatic nitrogens is 1. The molecule has 1 aliphatic heterocycles. The number of ether oxygens (including phenoxy) is 1. The van der Waals surface area contributed by atoms with Gasteiger partial charge in [-0.2, -0.15) is 0 Å². The summed E-state index contributed by atoms with van der Waals surface area (Å²) in [4.78, 5) is 19.3. The van der Waals surface area contributed by atoms with E-state index in [-0.39, 0.29) is 12.0 Å². The fourth-order valence-electron chi connectivity index (χ4n) is 3.75. The van der Waals surface area contributed by atoms with Crippen LogP contribution < -0.4 is 4.74 Å². The van der Waals surface area contributed by atoms with E-state index in [0.29, 0.717) is 23.8 Å². The molecular formula is C21H23ClN2O2. The number of nitrogens with zero attached hydrogens (tertiary/aromatic N) is 2. The molecule has 2 aliphatic rings. The van der Waals surface area contributed by atoms with Gasteiger partial charge in [-0.3, -0.25) is 4.79 Å². The third-order valence-electron chi connectivity index (χ3n) is 5.24. The molecule has 0 atom stereocenters. The van der Waals surface area contributed by atoms with Crippen LogP contribution in [0.3, 0.4) is 0 Å². The van der Waals surface area contributed by atoms with Gasteiger partial charge in [0.2, 0.25) is 0 Å². The van der Waals surface area contributed by atoms with Gasteiger partial charge >= 0.3 is 0 Å². The molecule has 0 saturated carbocycles. The Morgan fingerprint density at radius 3 is 2.54 bits per heavy atom. The average Bonchev–Trinajstić information content (AvgIpc) is 2.69. The first-order valence-electron chi connectivity index (χ1n) is 9.39. The van der Waals surface area contributed by atoms with Crippen LogP contribution in [-0.4, -0.2) is 35.0 Å². The van der Waals surface area contributed by atoms with Gasteiger partial charge in [-0.1, -0.05) is 17.7 Å². The van der Waals surface area contributed by atoms with E-state index in [1.807, 2.05) is 35.2 Å². The van der Waals surface area contributed by atoms with Crippen LogP contribution in [0.15, 0.2) is 36.4 Å². The van der Waals surface area contributed by atoms with Gasteiger partial charge in [0.1, 0.15) is 17.5 Å². The lowest BCUT2D eigenvalue weighted by atomic mass is 9.96. The van der Waals surface area contributed by atoms with Crippen LogP contribution >= 0.6 is 11.6 Å². The molecule has 26 heavy (non-hydrogen) atoms. The normalized spacial score (nSPS) is 17.7. The topological polar surface area (TPSA) is 42.4 Å². The first kappa shape index (κ1) is 17.3. The molecule has 5 heteroatoms. The molecule has 0 radical (unpaired) electrons. The second-order valence-corrected chi connectivity index (χ2v) is 7.51. The molecule has 136 valence electrons. The van der Waals surface area contributed by atoms with Crippen molar-refractivity contribution in [1.82, 2.24) is 9.88 Å². The maximum atomic E-state index is 12.8. The van der Waals surface area contributed by atoms with E-state index < -0.39 is 0 Å². The zero-order valence-corrected chi connectivity index (χ0v) is 15.5. The SMILES string of the molecule is O=C(c1ccc2c(n1)CCCC2)N1CCC(Oc2ccc(Cl)cc2)CC1. The second-order valence-electron chi connectivity index (χ2n) is 7.07. The van der Waals surface area contributed by atoms with Crippen LogP contribution in [0.2, 0.25) is 5.02 Å². The molecule has 0 N–H and O–H groups in total. The van der Waals surface area contributed by atoms with Crippen LogP contribution in [-0.2, 0) is 12.8 Å². The molecule has 0 spiro atoms. The lowest BCUT2D eigenvalue weighted by Crippen LogP contribution is -2.42. The first-order valence-corrected chi connectivity index (χ1v) is 9.77. The Morgan fingerprint density at radius 1 is 1.04 bits per heavy atom. The average molecular weight is 371 g/mol. The maximum Gasteiger partial charge on any atom is 0.272 e. The minimum Gasteiger partial charge on any atom is -0.490 e. The van der Waals surface area contributed by atoms with Crippen molar-refractivity contribution in [2.45, 2.75) is 44.6 Å². The summed E-state index contributed by atoms with van der Waals surface area (Å²) < 4.78 is 6.01. The molecular weight excluding hydrogens is 348 g/mol. The monoisotopic (exact) mass is 370 g/mol. The van der Waals surface area contributed by atoms with Crippen molar-refractivity contribution >= 4 is 17.5 Å². The van der Waals surface area contributed by atoms with Gasteiger partial charge < -0.3 is 9.64 Å². The summed E-state index contributed by atoms with van der Waals surface area (Å²) in [5, 5.41) is 0.704. The molecule has 0 unspecified atom stereocenters.